The summed E-state index contributed by atoms with van der Waals surface area (Å²) in [5.41, 5.74) is -0.889. The van der Waals surface area contributed by atoms with E-state index in [9.17, 15) is 0 Å². The molecule has 1 rings (SSSR count). The monoisotopic (exact) mass is 116 g/mol. The fourth-order valence-corrected chi connectivity index (χ4v) is 0.778. The van der Waals surface area contributed by atoms with Gasteiger partial charge in [0.1, 0.15) is 12.0 Å². The number of hydrogen-bond acceptors (Lipinski definition) is 3. The first-order valence-corrected chi connectivity index (χ1v) is 2.62. The van der Waals surface area contributed by atoms with Crippen molar-refractivity contribution in [3.8, 4) is 0 Å². The van der Waals surface area contributed by atoms with Crippen LogP contribution in [0.2, 0.25) is 0 Å². The van der Waals surface area contributed by atoms with Crippen LogP contribution in [0.4, 0.5) is 0 Å². The molecule has 2 unspecified atom stereocenters. The lowest BCUT2D eigenvalue weighted by Crippen LogP contribution is -2.39. The van der Waals surface area contributed by atoms with E-state index in [-0.39, 0.29) is 0 Å². The van der Waals surface area contributed by atoms with Gasteiger partial charge < -0.3 is 10.2 Å². The molecular formula is C5H10NO2. The molecule has 1 saturated heterocycles. The highest BCUT2D eigenvalue weighted by molar-refractivity contribution is 4.92. The van der Waals surface area contributed by atoms with Crippen molar-refractivity contribution >= 4 is 0 Å². The second-order valence-electron chi connectivity index (χ2n) is 2.30. The highest BCUT2D eigenvalue weighted by Crippen LogP contribution is 2.16. The molecule has 0 amide bonds. The summed E-state index contributed by atoms with van der Waals surface area (Å²) in [6, 6.07) is 0. The Labute approximate surface area is 48.3 Å². The van der Waals surface area contributed by atoms with Gasteiger partial charge in [0.05, 0.1) is 0 Å². The first-order chi connectivity index (χ1) is 3.60. The summed E-state index contributed by atoms with van der Waals surface area (Å²) >= 11 is 0. The van der Waals surface area contributed by atoms with Gasteiger partial charge in [0.15, 0.2) is 0 Å². The fraction of sp³-hybridized carbons (Fsp3) is 0.800. The summed E-state index contributed by atoms with van der Waals surface area (Å²) < 4.78 is 0. The maximum absolute atomic E-state index is 9.06. The minimum absolute atomic E-state index is 0.508. The average molecular weight is 116 g/mol. The molecule has 3 nitrogen and oxygen atoms in total. The van der Waals surface area contributed by atoms with Gasteiger partial charge in [0, 0.05) is 6.42 Å². The van der Waals surface area contributed by atoms with E-state index in [1.54, 1.807) is 13.3 Å². The van der Waals surface area contributed by atoms with E-state index in [2.05, 4.69) is 5.32 Å². The molecule has 0 spiro atoms. The van der Waals surface area contributed by atoms with Gasteiger partial charge in [0.25, 0.3) is 0 Å². The maximum Gasteiger partial charge on any atom is 0.115 e. The first-order valence-electron chi connectivity index (χ1n) is 2.62. The van der Waals surface area contributed by atoms with Gasteiger partial charge in [0.2, 0.25) is 0 Å². The maximum atomic E-state index is 9.06. The van der Waals surface area contributed by atoms with Gasteiger partial charge in [-0.05, 0) is 13.3 Å². The van der Waals surface area contributed by atoms with E-state index < -0.39 is 12.0 Å². The molecule has 1 heterocycles. The van der Waals surface area contributed by atoms with Crippen LogP contribution in [0.25, 0.3) is 0 Å². The van der Waals surface area contributed by atoms with Crippen LogP contribution in [0.3, 0.4) is 0 Å². The van der Waals surface area contributed by atoms with Crippen LogP contribution in [-0.4, -0.2) is 22.2 Å². The Morgan fingerprint density at radius 2 is 2.50 bits per heavy atom. The molecule has 3 heteroatoms. The average Bonchev–Trinajstić information content (AvgIpc) is 1.82. The Kier molecular flexibility index (Phi) is 1.27. The predicted molar refractivity (Wildman–Crippen MR) is 28.7 cm³/mol. The number of aliphatic hydroxyl groups excluding tert-OH is 1. The highest BCUT2D eigenvalue weighted by atomic mass is 16.3. The zero-order valence-electron chi connectivity index (χ0n) is 4.76. The zero-order chi connectivity index (χ0) is 6.20. The molecule has 1 fully saturated rings. The predicted octanol–water partition coefficient (Wildman–Crippen LogP) is -0.789. The highest BCUT2D eigenvalue weighted by Gasteiger charge is 2.30. The van der Waals surface area contributed by atoms with E-state index in [1.165, 1.54) is 0 Å². The van der Waals surface area contributed by atoms with E-state index in [0.29, 0.717) is 6.42 Å². The Morgan fingerprint density at radius 1 is 1.88 bits per heavy atom. The summed E-state index contributed by atoms with van der Waals surface area (Å²) in [6.45, 7) is 1.62. The summed E-state index contributed by atoms with van der Waals surface area (Å²) in [5.74, 6) is 0. The Morgan fingerprint density at radius 3 is 2.62 bits per heavy atom. The normalized spacial score (nSPS) is 47.6. The Balaban J connectivity index is 2.44. The minimum atomic E-state index is -0.889. The molecule has 1 aliphatic heterocycles. The molecule has 2 atom stereocenters. The molecule has 8 heavy (non-hydrogen) atoms. The van der Waals surface area contributed by atoms with Gasteiger partial charge in [-0.15, -0.1) is 0 Å². The van der Waals surface area contributed by atoms with Gasteiger partial charge >= 0.3 is 0 Å². The third kappa shape index (κ3) is 1.18. The largest absolute Gasteiger partial charge is 0.378 e. The molecule has 0 aromatic heterocycles. The number of nitrogens with one attached hydrogen (secondary N) is 1. The Hall–Kier alpha value is -0.120. The van der Waals surface area contributed by atoms with Gasteiger partial charge in [-0.25, -0.2) is 0 Å². The standard InChI is InChI=1S/C5H10NO2/c1-5(8)3-2-4(7)6-5/h2,4,6-8H,3H2,1H3. The van der Waals surface area contributed by atoms with Crippen LogP contribution in [0.15, 0.2) is 0 Å². The quantitative estimate of drug-likeness (QED) is 0.389. The van der Waals surface area contributed by atoms with Crippen molar-refractivity contribution in [2.75, 3.05) is 0 Å². The van der Waals surface area contributed by atoms with Gasteiger partial charge in [-0.2, -0.15) is 0 Å². The van der Waals surface area contributed by atoms with Crippen LogP contribution in [-0.2, 0) is 0 Å². The number of aliphatic hydroxyl groups is 2. The van der Waals surface area contributed by atoms with Crippen LogP contribution < -0.4 is 5.32 Å². The minimum Gasteiger partial charge on any atom is -0.378 e. The lowest BCUT2D eigenvalue weighted by molar-refractivity contribution is 0.0165. The van der Waals surface area contributed by atoms with E-state index in [0.717, 1.165) is 0 Å². The fourth-order valence-electron chi connectivity index (χ4n) is 0.778. The molecule has 3 N–H and O–H groups in total. The first kappa shape index (κ1) is 6.01. The topological polar surface area (TPSA) is 52.5 Å². The molecule has 0 aromatic rings. The van der Waals surface area contributed by atoms with Crippen molar-refractivity contribution < 1.29 is 10.2 Å². The van der Waals surface area contributed by atoms with Crippen molar-refractivity contribution in [3.05, 3.63) is 6.42 Å². The van der Waals surface area contributed by atoms with Crippen LogP contribution >= 0.6 is 0 Å². The summed E-state index contributed by atoms with van der Waals surface area (Å²) in [6.07, 6.45) is 1.50. The third-order valence-electron chi connectivity index (χ3n) is 1.20. The van der Waals surface area contributed by atoms with Crippen LogP contribution in [0.5, 0.6) is 0 Å². The van der Waals surface area contributed by atoms with Gasteiger partial charge in [-0.1, -0.05) is 0 Å². The van der Waals surface area contributed by atoms with Crippen LogP contribution in [0.1, 0.15) is 13.3 Å². The molecule has 47 valence electrons. The second kappa shape index (κ2) is 1.69. The molecular weight excluding hydrogens is 106 g/mol. The molecule has 0 aromatic carbocycles. The Bertz CT molecular complexity index is 92.4. The summed E-state index contributed by atoms with van der Waals surface area (Å²) in [5, 5.41) is 20.3. The summed E-state index contributed by atoms with van der Waals surface area (Å²) in [4.78, 5) is 0. The smallest absolute Gasteiger partial charge is 0.115 e. The van der Waals surface area contributed by atoms with Gasteiger partial charge in [-0.3, -0.25) is 5.32 Å². The zero-order valence-corrected chi connectivity index (χ0v) is 4.76. The van der Waals surface area contributed by atoms with Crippen LogP contribution in [0, 0.1) is 6.42 Å². The lowest BCUT2D eigenvalue weighted by atomic mass is 10.2. The molecule has 0 saturated carbocycles. The van der Waals surface area contributed by atoms with Crippen molar-refractivity contribution in [1.29, 1.82) is 0 Å². The van der Waals surface area contributed by atoms with Crippen molar-refractivity contribution in [2.24, 2.45) is 0 Å². The molecule has 1 radical (unpaired) electrons. The van der Waals surface area contributed by atoms with Crippen molar-refractivity contribution in [2.45, 2.75) is 25.3 Å². The van der Waals surface area contributed by atoms with E-state index >= 15 is 0 Å². The number of rotatable bonds is 0. The lowest BCUT2D eigenvalue weighted by Gasteiger charge is -2.15. The van der Waals surface area contributed by atoms with Crippen molar-refractivity contribution in [1.82, 2.24) is 5.32 Å². The molecule has 0 aliphatic carbocycles. The summed E-state index contributed by atoms with van der Waals surface area (Å²) in [7, 11) is 0. The second-order valence-corrected chi connectivity index (χ2v) is 2.30. The number of hydrogen-bond donors (Lipinski definition) is 3. The molecule has 0 bridgehead atoms. The third-order valence-corrected chi connectivity index (χ3v) is 1.20. The molecule has 1 aliphatic rings. The van der Waals surface area contributed by atoms with Crippen molar-refractivity contribution in [3.63, 3.8) is 0 Å². The van der Waals surface area contributed by atoms with E-state index in [4.69, 9.17) is 10.2 Å². The SMILES string of the molecule is CC1(O)C[CH]C(O)N1. The van der Waals surface area contributed by atoms with E-state index in [1.807, 2.05) is 0 Å².